The van der Waals surface area contributed by atoms with Gasteiger partial charge in [0.15, 0.2) is 5.76 Å². The first-order valence-electron chi connectivity index (χ1n) is 3.48. The summed E-state index contributed by atoms with van der Waals surface area (Å²) in [5, 5.41) is 0.471. The summed E-state index contributed by atoms with van der Waals surface area (Å²) in [5.41, 5.74) is 0.591. The van der Waals surface area contributed by atoms with E-state index < -0.39 is 0 Å². The van der Waals surface area contributed by atoms with Crippen LogP contribution in [0.25, 0.3) is 11.5 Å². The summed E-state index contributed by atoms with van der Waals surface area (Å²) in [6.45, 7) is 0. The summed E-state index contributed by atoms with van der Waals surface area (Å²) in [4.78, 5) is 7.80. The third-order valence-corrected chi connectivity index (χ3v) is 2.40. The first-order chi connectivity index (χ1) is 6.29. The maximum atomic E-state index is 5.88. The molecule has 2 aromatic heterocycles. The molecular formula is C8H4BrClN2O. The standard InChI is InChI=1S/C8H4BrClN2O/c9-5-1-2-13-8(5)7-6(10)3-11-4-12-7/h1-4H. The van der Waals surface area contributed by atoms with E-state index in [0.29, 0.717) is 16.5 Å². The highest BCUT2D eigenvalue weighted by atomic mass is 79.9. The molecule has 0 saturated carbocycles. The Labute approximate surface area is 87.9 Å². The molecule has 0 atom stereocenters. The zero-order chi connectivity index (χ0) is 9.26. The predicted molar refractivity (Wildman–Crippen MR) is 52.4 cm³/mol. The normalized spacial score (nSPS) is 10.3. The highest BCUT2D eigenvalue weighted by molar-refractivity contribution is 9.10. The van der Waals surface area contributed by atoms with Crippen molar-refractivity contribution in [1.82, 2.24) is 9.97 Å². The highest BCUT2D eigenvalue weighted by Gasteiger charge is 2.11. The molecule has 0 saturated heterocycles. The molecule has 2 aromatic rings. The maximum absolute atomic E-state index is 5.88. The number of halogens is 2. The van der Waals surface area contributed by atoms with Crippen molar-refractivity contribution in [2.45, 2.75) is 0 Å². The predicted octanol–water partition coefficient (Wildman–Crippen LogP) is 3.15. The molecule has 0 aromatic carbocycles. The zero-order valence-electron chi connectivity index (χ0n) is 6.37. The topological polar surface area (TPSA) is 38.9 Å². The van der Waals surface area contributed by atoms with Gasteiger partial charge in [-0.25, -0.2) is 9.97 Å². The van der Waals surface area contributed by atoms with Gasteiger partial charge in [-0.1, -0.05) is 11.6 Å². The summed E-state index contributed by atoms with van der Waals surface area (Å²) in [6.07, 6.45) is 4.52. The molecule has 2 heterocycles. The van der Waals surface area contributed by atoms with Crippen molar-refractivity contribution in [2.24, 2.45) is 0 Å². The van der Waals surface area contributed by atoms with Gasteiger partial charge in [-0.15, -0.1) is 0 Å². The van der Waals surface area contributed by atoms with Crippen LogP contribution in [0, 0.1) is 0 Å². The third-order valence-electron chi connectivity index (χ3n) is 1.50. The lowest BCUT2D eigenvalue weighted by Gasteiger charge is -1.97. The average Bonchev–Trinajstić information content (AvgIpc) is 2.52. The average molecular weight is 259 g/mol. The van der Waals surface area contributed by atoms with E-state index in [4.69, 9.17) is 16.0 Å². The van der Waals surface area contributed by atoms with E-state index in [9.17, 15) is 0 Å². The van der Waals surface area contributed by atoms with Crippen LogP contribution in [-0.2, 0) is 0 Å². The molecule has 5 heteroatoms. The Morgan fingerprint density at radius 1 is 1.46 bits per heavy atom. The fourth-order valence-electron chi connectivity index (χ4n) is 0.942. The number of aromatic nitrogens is 2. The van der Waals surface area contributed by atoms with Crippen LogP contribution in [0.1, 0.15) is 0 Å². The molecular weight excluding hydrogens is 255 g/mol. The van der Waals surface area contributed by atoms with Crippen molar-refractivity contribution in [2.75, 3.05) is 0 Å². The number of nitrogens with zero attached hydrogens (tertiary/aromatic N) is 2. The van der Waals surface area contributed by atoms with Crippen molar-refractivity contribution in [3.63, 3.8) is 0 Å². The lowest BCUT2D eigenvalue weighted by molar-refractivity contribution is 0.578. The van der Waals surface area contributed by atoms with Crippen molar-refractivity contribution in [1.29, 1.82) is 0 Å². The second-order valence-electron chi connectivity index (χ2n) is 2.32. The molecule has 0 aliphatic carbocycles. The Hall–Kier alpha value is -0.870. The van der Waals surface area contributed by atoms with Crippen LogP contribution in [0.3, 0.4) is 0 Å². The van der Waals surface area contributed by atoms with Gasteiger partial charge in [0, 0.05) is 6.20 Å². The molecule has 66 valence electrons. The zero-order valence-corrected chi connectivity index (χ0v) is 8.71. The van der Waals surface area contributed by atoms with Gasteiger partial charge in [-0.05, 0) is 22.0 Å². The van der Waals surface area contributed by atoms with E-state index in [0.717, 1.165) is 4.47 Å². The Bertz CT molecular complexity index is 430. The molecule has 0 bridgehead atoms. The Morgan fingerprint density at radius 2 is 2.31 bits per heavy atom. The maximum Gasteiger partial charge on any atom is 0.168 e. The first-order valence-corrected chi connectivity index (χ1v) is 4.65. The monoisotopic (exact) mass is 258 g/mol. The summed E-state index contributed by atoms with van der Waals surface area (Å²) in [6, 6.07) is 1.79. The molecule has 0 amide bonds. The minimum Gasteiger partial charge on any atom is -0.461 e. The van der Waals surface area contributed by atoms with Gasteiger partial charge < -0.3 is 4.42 Å². The van der Waals surface area contributed by atoms with Crippen LogP contribution in [0.5, 0.6) is 0 Å². The number of hydrogen-bond acceptors (Lipinski definition) is 3. The minimum absolute atomic E-state index is 0.471. The van der Waals surface area contributed by atoms with Crippen LogP contribution in [-0.4, -0.2) is 9.97 Å². The number of furan rings is 1. The molecule has 0 radical (unpaired) electrons. The fourth-order valence-corrected chi connectivity index (χ4v) is 1.52. The molecule has 0 spiro atoms. The van der Waals surface area contributed by atoms with Crippen LogP contribution in [0.15, 0.2) is 33.7 Å². The molecule has 0 N–H and O–H groups in total. The third kappa shape index (κ3) is 1.59. The molecule has 0 aliphatic heterocycles. The molecule has 0 fully saturated rings. The quantitative estimate of drug-likeness (QED) is 0.790. The highest BCUT2D eigenvalue weighted by Crippen LogP contribution is 2.31. The summed E-state index contributed by atoms with van der Waals surface area (Å²) in [7, 11) is 0. The molecule has 0 unspecified atom stereocenters. The van der Waals surface area contributed by atoms with Crippen molar-refractivity contribution in [3.8, 4) is 11.5 Å². The second-order valence-corrected chi connectivity index (χ2v) is 3.58. The van der Waals surface area contributed by atoms with E-state index in [-0.39, 0.29) is 0 Å². The van der Waals surface area contributed by atoms with Crippen molar-refractivity contribution >= 4 is 27.5 Å². The van der Waals surface area contributed by atoms with E-state index in [1.54, 1.807) is 12.3 Å². The van der Waals surface area contributed by atoms with Crippen LogP contribution in [0.2, 0.25) is 5.02 Å². The van der Waals surface area contributed by atoms with E-state index in [2.05, 4.69) is 25.9 Å². The summed E-state index contributed by atoms with van der Waals surface area (Å²) in [5.74, 6) is 0.618. The summed E-state index contributed by atoms with van der Waals surface area (Å²) >= 11 is 9.21. The van der Waals surface area contributed by atoms with E-state index >= 15 is 0 Å². The summed E-state index contributed by atoms with van der Waals surface area (Å²) < 4.78 is 6.04. The van der Waals surface area contributed by atoms with Crippen LogP contribution < -0.4 is 0 Å². The van der Waals surface area contributed by atoms with Gasteiger partial charge in [0.25, 0.3) is 0 Å². The van der Waals surface area contributed by atoms with Gasteiger partial charge in [-0.3, -0.25) is 0 Å². The lowest BCUT2D eigenvalue weighted by Crippen LogP contribution is -1.84. The van der Waals surface area contributed by atoms with E-state index in [1.165, 1.54) is 12.5 Å². The van der Waals surface area contributed by atoms with Gasteiger partial charge in [0.2, 0.25) is 0 Å². The fraction of sp³-hybridized carbons (Fsp3) is 0. The van der Waals surface area contributed by atoms with Crippen LogP contribution in [0.4, 0.5) is 0 Å². The smallest absolute Gasteiger partial charge is 0.168 e. The number of rotatable bonds is 1. The first kappa shape index (κ1) is 8.72. The number of hydrogen-bond donors (Lipinski definition) is 0. The molecule has 2 rings (SSSR count). The SMILES string of the molecule is Clc1cncnc1-c1occc1Br. The van der Waals surface area contributed by atoms with Crippen molar-refractivity contribution < 1.29 is 4.42 Å². The Morgan fingerprint density at radius 3 is 2.92 bits per heavy atom. The van der Waals surface area contributed by atoms with E-state index in [1.807, 2.05) is 0 Å². The molecule has 13 heavy (non-hydrogen) atoms. The largest absolute Gasteiger partial charge is 0.461 e. The lowest BCUT2D eigenvalue weighted by atomic mass is 10.3. The Kier molecular flexibility index (Phi) is 2.33. The van der Waals surface area contributed by atoms with Gasteiger partial charge in [0.05, 0.1) is 15.8 Å². The minimum atomic E-state index is 0.471. The van der Waals surface area contributed by atoms with Crippen molar-refractivity contribution in [3.05, 3.63) is 34.3 Å². The van der Waals surface area contributed by atoms with Crippen LogP contribution >= 0.6 is 27.5 Å². The van der Waals surface area contributed by atoms with Gasteiger partial charge in [0.1, 0.15) is 12.0 Å². The second kappa shape index (κ2) is 3.47. The molecule has 0 aliphatic rings. The molecule has 3 nitrogen and oxygen atoms in total. The Balaban J connectivity index is 2.59. The van der Waals surface area contributed by atoms with Gasteiger partial charge >= 0.3 is 0 Å². The van der Waals surface area contributed by atoms with Gasteiger partial charge in [-0.2, -0.15) is 0 Å².